The summed E-state index contributed by atoms with van der Waals surface area (Å²) in [6, 6.07) is 0. The molecular weight excluding hydrogens is 452 g/mol. The first-order chi connectivity index (χ1) is 15.9. The van der Waals surface area contributed by atoms with Crippen LogP contribution in [0.25, 0.3) is 0 Å². The van der Waals surface area contributed by atoms with Crippen LogP contribution in [0, 0.1) is 11.8 Å². The molecule has 2 rings (SSSR count). The topological polar surface area (TPSA) is 91.3 Å². The summed E-state index contributed by atoms with van der Waals surface area (Å²) in [5.74, 6) is -0.878. The molecule has 0 aromatic carbocycles. The number of carbonyl (C=O) groups excluding carboxylic acids is 1. The van der Waals surface area contributed by atoms with Crippen molar-refractivity contribution in [1.29, 1.82) is 0 Å². The zero-order chi connectivity index (χ0) is 25.4. The Morgan fingerprint density at radius 1 is 1.12 bits per heavy atom. The average molecular weight is 499 g/mol. The van der Waals surface area contributed by atoms with Crippen LogP contribution >= 0.6 is 0 Å². The van der Waals surface area contributed by atoms with Crippen molar-refractivity contribution in [1.82, 2.24) is 0 Å². The Bertz CT molecular complexity index is 679. The van der Waals surface area contributed by atoms with Crippen LogP contribution < -0.4 is 0 Å². The normalized spacial score (nSPS) is 28.4. The van der Waals surface area contributed by atoms with Crippen LogP contribution in [0.2, 0.25) is 18.1 Å². The van der Waals surface area contributed by atoms with Gasteiger partial charge in [0.1, 0.15) is 6.10 Å². The second-order valence-electron chi connectivity index (χ2n) is 11.2. The van der Waals surface area contributed by atoms with Crippen LogP contribution in [0.3, 0.4) is 0 Å². The van der Waals surface area contributed by atoms with E-state index in [2.05, 4.69) is 39.9 Å². The molecule has 196 valence electrons. The van der Waals surface area contributed by atoms with Gasteiger partial charge in [0.2, 0.25) is 0 Å². The predicted octanol–water partition coefficient (Wildman–Crippen LogP) is 5.69. The number of carboxylic acid groups (broad SMARTS) is 1. The van der Waals surface area contributed by atoms with Crippen molar-refractivity contribution in [2.24, 2.45) is 11.8 Å². The lowest BCUT2D eigenvalue weighted by molar-refractivity contribution is -0.198. The number of carboxylic acids is 1. The van der Waals surface area contributed by atoms with Gasteiger partial charge >= 0.3 is 11.9 Å². The van der Waals surface area contributed by atoms with Crippen molar-refractivity contribution in [2.45, 2.75) is 116 Å². The fourth-order valence-corrected chi connectivity index (χ4v) is 5.51. The molecule has 1 aliphatic heterocycles. The molecule has 1 saturated carbocycles. The summed E-state index contributed by atoms with van der Waals surface area (Å²) >= 11 is 0. The summed E-state index contributed by atoms with van der Waals surface area (Å²) in [5, 5.41) is 8.93. The Morgan fingerprint density at radius 3 is 2.44 bits per heavy atom. The first kappa shape index (κ1) is 29.0. The maximum Gasteiger partial charge on any atom is 0.303 e. The second-order valence-corrected chi connectivity index (χ2v) is 16.1. The third kappa shape index (κ3) is 9.09. The van der Waals surface area contributed by atoms with Gasteiger partial charge < -0.3 is 23.7 Å². The summed E-state index contributed by atoms with van der Waals surface area (Å²) in [4.78, 5) is 22.6. The summed E-state index contributed by atoms with van der Waals surface area (Å²) < 4.78 is 24.7. The molecule has 2 aliphatic rings. The summed E-state index contributed by atoms with van der Waals surface area (Å²) in [6.45, 7) is 14.0. The number of hydrogen-bond acceptors (Lipinski definition) is 6. The quantitative estimate of drug-likeness (QED) is 0.160. The van der Waals surface area contributed by atoms with Gasteiger partial charge in [0, 0.05) is 44.8 Å². The summed E-state index contributed by atoms with van der Waals surface area (Å²) in [6.07, 6.45) is 9.53. The average Bonchev–Trinajstić information content (AvgIpc) is 3.03. The highest BCUT2D eigenvalue weighted by molar-refractivity contribution is 6.74. The maximum absolute atomic E-state index is 11.9. The van der Waals surface area contributed by atoms with Gasteiger partial charge in [0.25, 0.3) is 0 Å². The number of unbranched alkanes of at least 4 members (excludes halogenated alkanes) is 1. The number of aliphatic carboxylic acids is 1. The van der Waals surface area contributed by atoms with E-state index in [0.717, 1.165) is 38.7 Å². The lowest BCUT2D eigenvalue weighted by atomic mass is 9.91. The Morgan fingerprint density at radius 2 is 1.85 bits per heavy atom. The molecule has 0 aromatic rings. The van der Waals surface area contributed by atoms with Gasteiger partial charge in [0.15, 0.2) is 14.6 Å². The minimum Gasteiger partial charge on any atom is -0.481 e. The first-order valence-corrected chi connectivity index (χ1v) is 15.8. The van der Waals surface area contributed by atoms with Gasteiger partial charge in [-0.1, -0.05) is 32.9 Å². The van der Waals surface area contributed by atoms with Gasteiger partial charge in [-0.25, -0.2) is 0 Å². The molecule has 1 unspecified atom stereocenters. The van der Waals surface area contributed by atoms with E-state index in [1.165, 1.54) is 6.92 Å². The molecule has 1 aliphatic carbocycles. The fourth-order valence-electron chi connectivity index (χ4n) is 4.47. The number of hydrogen-bond donors (Lipinski definition) is 1. The number of esters is 1. The minimum absolute atomic E-state index is 0.0815. The SMILES string of the molecule is CC(=O)O[C@@H]1C[C@@H](OC2CCCCO2)[C@H](CO[Si](C)(C)C(C)(C)C)[C@H]1C/C=C\CCCC(=O)O. The third-order valence-electron chi connectivity index (χ3n) is 7.53. The number of allylic oxidation sites excluding steroid dienone is 2. The van der Waals surface area contributed by atoms with Crippen LogP contribution in [-0.2, 0) is 28.2 Å². The molecule has 5 atom stereocenters. The van der Waals surface area contributed by atoms with Crippen molar-refractivity contribution in [2.75, 3.05) is 13.2 Å². The molecule has 0 bridgehead atoms. The van der Waals surface area contributed by atoms with E-state index in [4.69, 9.17) is 23.7 Å². The number of carbonyl (C=O) groups is 2. The molecule has 2 fully saturated rings. The predicted molar refractivity (Wildman–Crippen MR) is 134 cm³/mol. The highest BCUT2D eigenvalue weighted by atomic mass is 28.4. The van der Waals surface area contributed by atoms with Crippen LogP contribution in [0.5, 0.6) is 0 Å². The van der Waals surface area contributed by atoms with E-state index in [0.29, 0.717) is 19.4 Å². The largest absolute Gasteiger partial charge is 0.481 e. The first-order valence-electron chi connectivity index (χ1n) is 12.9. The lowest BCUT2D eigenvalue weighted by Crippen LogP contribution is -2.44. The highest BCUT2D eigenvalue weighted by Gasteiger charge is 2.48. The molecular formula is C26H46O7Si. The van der Waals surface area contributed by atoms with E-state index in [-0.39, 0.29) is 47.8 Å². The third-order valence-corrected chi connectivity index (χ3v) is 12.0. The Balaban J connectivity index is 2.15. The van der Waals surface area contributed by atoms with Gasteiger partial charge in [-0.15, -0.1) is 0 Å². The van der Waals surface area contributed by atoms with Crippen molar-refractivity contribution >= 4 is 20.3 Å². The molecule has 0 aromatic heterocycles. The maximum atomic E-state index is 11.9. The monoisotopic (exact) mass is 498 g/mol. The number of rotatable bonds is 12. The highest BCUT2D eigenvalue weighted by Crippen LogP contribution is 2.43. The van der Waals surface area contributed by atoms with E-state index in [1.54, 1.807) is 0 Å². The Kier molecular flexibility index (Phi) is 11.3. The number of ether oxygens (including phenoxy) is 3. The van der Waals surface area contributed by atoms with Gasteiger partial charge in [-0.2, -0.15) is 0 Å². The van der Waals surface area contributed by atoms with E-state index in [1.807, 2.05) is 6.08 Å². The Labute approximate surface area is 206 Å². The van der Waals surface area contributed by atoms with E-state index < -0.39 is 14.3 Å². The Hall–Kier alpha value is -1.22. The smallest absolute Gasteiger partial charge is 0.303 e. The van der Waals surface area contributed by atoms with E-state index >= 15 is 0 Å². The molecule has 1 N–H and O–H groups in total. The van der Waals surface area contributed by atoms with Crippen LogP contribution in [-0.4, -0.2) is 57.1 Å². The standard InChI is InChI=1S/C26H46O7Si/c1-19(27)32-22-17-23(33-25-15-11-12-16-30-25)21(18-31-34(5,6)26(2,3)4)20(22)13-9-7-8-10-14-24(28)29/h7,9,20-23,25H,8,10-18H2,1-6H3,(H,28,29)/b9-7-/t20-,21-,22-,23-,25?/m1/s1. The van der Waals surface area contributed by atoms with Crippen molar-refractivity contribution in [3.05, 3.63) is 12.2 Å². The molecule has 7 nitrogen and oxygen atoms in total. The van der Waals surface area contributed by atoms with Gasteiger partial charge in [-0.05, 0) is 56.7 Å². The van der Waals surface area contributed by atoms with Crippen LogP contribution in [0.1, 0.15) is 79.1 Å². The van der Waals surface area contributed by atoms with Crippen LogP contribution in [0.15, 0.2) is 12.2 Å². The van der Waals surface area contributed by atoms with Gasteiger partial charge in [-0.3, -0.25) is 9.59 Å². The molecule has 34 heavy (non-hydrogen) atoms. The molecule has 0 amide bonds. The zero-order valence-corrected chi connectivity index (χ0v) is 23.0. The summed E-state index contributed by atoms with van der Waals surface area (Å²) in [7, 11) is -1.97. The van der Waals surface area contributed by atoms with Crippen molar-refractivity contribution < 1.29 is 33.3 Å². The lowest BCUT2D eigenvalue weighted by Gasteiger charge is -2.38. The van der Waals surface area contributed by atoms with E-state index in [9.17, 15) is 9.59 Å². The zero-order valence-electron chi connectivity index (χ0n) is 22.0. The second kappa shape index (κ2) is 13.2. The molecule has 0 spiro atoms. The molecule has 1 heterocycles. The molecule has 0 radical (unpaired) electrons. The molecule has 1 saturated heterocycles. The van der Waals surface area contributed by atoms with Crippen molar-refractivity contribution in [3.63, 3.8) is 0 Å². The summed E-state index contributed by atoms with van der Waals surface area (Å²) in [5.41, 5.74) is 0. The minimum atomic E-state index is -1.97. The van der Waals surface area contributed by atoms with Crippen LogP contribution in [0.4, 0.5) is 0 Å². The molecule has 8 heteroatoms. The fraction of sp³-hybridized carbons (Fsp3) is 0.846. The van der Waals surface area contributed by atoms with Crippen molar-refractivity contribution in [3.8, 4) is 0 Å². The van der Waals surface area contributed by atoms with Gasteiger partial charge in [0.05, 0.1) is 6.10 Å².